The van der Waals surface area contributed by atoms with Crippen LogP contribution in [0.25, 0.3) is 43.4 Å². The highest BCUT2D eigenvalue weighted by Gasteiger charge is 2.61. The molecule has 7 aromatic rings. The summed E-state index contributed by atoms with van der Waals surface area (Å²) in [5.74, 6) is 3.44. The van der Waals surface area contributed by atoms with Crippen molar-refractivity contribution in [2.75, 3.05) is 4.90 Å². The van der Waals surface area contributed by atoms with E-state index in [4.69, 9.17) is 0 Å². The molecule has 1 spiro atoms. The minimum atomic E-state index is 0.182. The standard InChI is InChI=1S/C46H37N/c1-2-10-32-26-36(18-17-31(32)9-1)47(45-27-33-11-3-4-12-38(33)39-13-5-6-15-41(39)45)37-19-20-44-42(28-37)40-14-7-8-16-43(40)46(44)34-22-29-21-30(24-34)25-35(46)23-29/h1-20,26-30,34-35H,21-25H2. The van der Waals surface area contributed by atoms with Gasteiger partial charge in [0, 0.05) is 22.2 Å². The number of hydrogen-bond acceptors (Lipinski definition) is 1. The third kappa shape index (κ3) is 3.55. The molecule has 0 atom stereocenters. The molecule has 0 saturated heterocycles. The number of hydrogen-bond donors (Lipinski definition) is 0. The van der Waals surface area contributed by atoms with Gasteiger partial charge in [-0.1, -0.05) is 109 Å². The van der Waals surface area contributed by atoms with Crippen LogP contribution in [0.15, 0.2) is 140 Å². The summed E-state index contributed by atoms with van der Waals surface area (Å²) in [7, 11) is 0. The van der Waals surface area contributed by atoms with Crippen molar-refractivity contribution in [3.8, 4) is 11.1 Å². The molecular formula is C46H37N. The van der Waals surface area contributed by atoms with Gasteiger partial charge in [0.15, 0.2) is 0 Å². The van der Waals surface area contributed by atoms with Gasteiger partial charge in [-0.3, -0.25) is 0 Å². The number of nitrogens with zero attached hydrogens (tertiary/aromatic N) is 1. The maximum atomic E-state index is 2.56. The van der Waals surface area contributed by atoms with Crippen LogP contribution in [0.2, 0.25) is 0 Å². The highest BCUT2D eigenvalue weighted by atomic mass is 15.1. The van der Waals surface area contributed by atoms with E-state index >= 15 is 0 Å². The topological polar surface area (TPSA) is 3.24 Å². The molecule has 4 saturated carbocycles. The summed E-state index contributed by atoms with van der Waals surface area (Å²) in [5.41, 5.74) is 9.99. The second-order valence-electron chi connectivity index (χ2n) is 15.0. The van der Waals surface area contributed by atoms with Gasteiger partial charge in [-0.15, -0.1) is 0 Å². The molecule has 0 aliphatic heterocycles. The van der Waals surface area contributed by atoms with Gasteiger partial charge < -0.3 is 4.90 Å². The van der Waals surface area contributed by atoms with Crippen LogP contribution in [-0.4, -0.2) is 0 Å². The van der Waals surface area contributed by atoms with Gasteiger partial charge in [-0.25, -0.2) is 0 Å². The highest BCUT2D eigenvalue weighted by molar-refractivity contribution is 6.14. The third-order valence-electron chi connectivity index (χ3n) is 12.8. The van der Waals surface area contributed by atoms with Crippen LogP contribution in [0.1, 0.15) is 43.2 Å². The fourth-order valence-electron chi connectivity index (χ4n) is 11.2. The number of anilines is 3. The van der Waals surface area contributed by atoms with Crippen LogP contribution in [0.3, 0.4) is 0 Å². The number of benzene rings is 7. The lowest BCUT2D eigenvalue weighted by atomic mass is 9.43. The van der Waals surface area contributed by atoms with E-state index in [2.05, 4.69) is 144 Å². The smallest absolute Gasteiger partial charge is 0.0546 e. The maximum Gasteiger partial charge on any atom is 0.0546 e. The Morgan fingerprint density at radius 3 is 1.83 bits per heavy atom. The van der Waals surface area contributed by atoms with E-state index in [1.165, 1.54) is 92.6 Å². The average Bonchev–Trinajstić information content (AvgIpc) is 3.41. The molecule has 0 radical (unpaired) electrons. The zero-order valence-electron chi connectivity index (χ0n) is 26.6. The van der Waals surface area contributed by atoms with Gasteiger partial charge in [0.25, 0.3) is 0 Å². The molecule has 0 unspecified atom stereocenters. The normalized spacial score (nSPS) is 25.1. The summed E-state index contributed by atoms with van der Waals surface area (Å²) in [6.45, 7) is 0. The molecule has 5 aliphatic carbocycles. The van der Waals surface area contributed by atoms with E-state index in [1.54, 1.807) is 11.1 Å². The van der Waals surface area contributed by atoms with Gasteiger partial charge in [-0.2, -0.15) is 0 Å². The van der Waals surface area contributed by atoms with Crippen LogP contribution < -0.4 is 4.90 Å². The Labute approximate surface area is 276 Å². The largest absolute Gasteiger partial charge is 0.310 e. The Morgan fingerprint density at radius 2 is 1.02 bits per heavy atom. The van der Waals surface area contributed by atoms with Crippen molar-refractivity contribution in [2.24, 2.45) is 23.7 Å². The minimum absolute atomic E-state index is 0.182. The summed E-state index contributed by atoms with van der Waals surface area (Å²) >= 11 is 0. The van der Waals surface area contributed by atoms with Crippen molar-refractivity contribution >= 4 is 49.4 Å². The molecule has 4 fully saturated rings. The highest BCUT2D eigenvalue weighted by Crippen LogP contribution is 2.69. The lowest BCUT2D eigenvalue weighted by molar-refractivity contribution is -0.0399. The maximum absolute atomic E-state index is 2.56. The quantitative estimate of drug-likeness (QED) is 0.182. The fourth-order valence-corrected chi connectivity index (χ4v) is 11.2. The first-order chi connectivity index (χ1) is 23.3. The molecule has 7 aromatic carbocycles. The molecular weight excluding hydrogens is 567 g/mol. The van der Waals surface area contributed by atoms with Crippen LogP contribution in [0.4, 0.5) is 17.1 Å². The Morgan fingerprint density at radius 1 is 0.426 bits per heavy atom. The van der Waals surface area contributed by atoms with Crippen molar-refractivity contribution in [3.05, 3.63) is 151 Å². The summed E-state index contributed by atoms with van der Waals surface area (Å²) in [6.07, 6.45) is 7.13. The van der Waals surface area contributed by atoms with E-state index in [-0.39, 0.29) is 5.41 Å². The number of fused-ring (bicyclic) bond motifs is 7. The molecule has 5 aliphatic rings. The molecule has 1 nitrogen and oxygen atoms in total. The van der Waals surface area contributed by atoms with Gasteiger partial charge in [0.05, 0.1) is 5.69 Å². The predicted octanol–water partition coefficient (Wildman–Crippen LogP) is 12.3. The molecule has 226 valence electrons. The summed E-state index contributed by atoms with van der Waals surface area (Å²) in [6, 6.07) is 53.0. The zero-order chi connectivity index (χ0) is 30.7. The Hall–Kier alpha value is -4.88. The summed E-state index contributed by atoms with van der Waals surface area (Å²) < 4.78 is 0. The Balaban J connectivity index is 1.18. The first-order valence-corrected chi connectivity index (χ1v) is 17.7. The Kier molecular flexibility index (Phi) is 5.34. The lowest BCUT2D eigenvalue weighted by Gasteiger charge is -2.61. The van der Waals surface area contributed by atoms with Gasteiger partial charge in [-0.05, 0) is 135 Å². The predicted molar refractivity (Wildman–Crippen MR) is 197 cm³/mol. The Bertz CT molecular complexity index is 2370. The van der Waals surface area contributed by atoms with E-state index < -0.39 is 0 Å². The molecule has 0 heterocycles. The van der Waals surface area contributed by atoms with Crippen LogP contribution in [0.5, 0.6) is 0 Å². The van der Waals surface area contributed by atoms with E-state index in [9.17, 15) is 0 Å². The van der Waals surface area contributed by atoms with Gasteiger partial charge >= 0.3 is 0 Å². The second kappa shape index (κ2) is 9.58. The molecule has 0 aromatic heterocycles. The van der Waals surface area contributed by atoms with Crippen molar-refractivity contribution in [1.29, 1.82) is 0 Å². The van der Waals surface area contributed by atoms with Crippen LogP contribution in [0, 0.1) is 23.7 Å². The number of rotatable bonds is 3. The molecule has 0 N–H and O–H groups in total. The van der Waals surface area contributed by atoms with Gasteiger partial charge in [0.1, 0.15) is 0 Å². The molecule has 0 amide bonds. The first-order valence-electron chi connectivity index (χ1n) is 17.7. The molecule has 4 bridgehead atoms. The van der Waals surface area contributed by atoms with Crippen molar-refractivity contribution in [2.45, 2.75) is 37.5 Å². The van der Waals surface area contributed by atoms with Crippen molar-refractivity contribution in [1.82, 2.24) is 0 Å². The first kappa shape index (κ1) is 26.2. The SMILES string of the molecule is c1ccc2c(c1)-c1cc(N(c3ccc4ccccc4c3)c3cc4ccccc4c4ccccc34)ccc1C21C2CC3CC(C2)CC1C3. The van der Waals surface area contributed by atoms with Crippen molar-refractivity contribution in [3.63, 3.8) is 0 Å². The van der Waals surface area contributed by atoms with E-state index in [0.717, 1.165) is 23.7 Å². The van der Waals surface area contributed by atoms with E-state index in [1.807, 2.05) is 0 Å². The van der Waals surface area contributed by atoms with E-state index in [0.29, 0.717) is 0 Å². The monoisotopic (exact) mass is 603 g/mol. The zero-order valence-corrected chi connectivity index (χ0v) is 26.6. The lowest BCUT2D eigenvalue weighted by Crippen LogP contribution is -2.55. The summed E-state index contributed by atoms with van der Waals surface area (Å²) in [5, 5.41) is 7.68. The van der Waals surface area contributed by atoms with Gasteiger partial charge in [0.2, 0.25) is 0 Å². The van der Waals surface area contributed by atoms with Crippen molar-refractivity contribution < 1.29 is 0 Å². The summed E-state index contributed by atoms with van der Waals surface area (Å²) in [4.78, 5) is 2.53. The molecule has 47 heavy (non-hydrogen) atoms. The molecule has 1 heteroatoms. The van der Waals surface area contributed by atoms with Crippen LogP contribution >= 0.6 is 0 Å². The second-order valence-corrected chi connectivity index (χ2v) is 15.0. The molecule has 12 rings (SSSR count). The minimum Gasteiger partial charge on any atom is -0.310 e. The third-order valence-corrected chi connectivity index (χ3v) is 12.8. The fraction of sp³-hybridized carbons (Fsp3) is 0.217. The van der Waals surface area contributed by atoms with Crippen LogP contribution in [-0.2, 0) is 5.41 Å². The average molecular weight is 604 g/mol.